The minimum Gasteiger partial charge on any atom is -0.328 e. The van der Waals surface area contributed by atoms with Gasteiger partial charge in [-0.05, 0) is 12.1 Å². The number of amides is 1. The lowest BCUT2D eigenvalue weighted by Gasteiger charge is -2.02. The van der Waals surface area contributed by atoms with Crippen molar-refractivity contribution in [1.82, 2.24) is 5.32 Å². The molecule has 0 spiro atoms. The minimum absolute atomic E-state index is 0.0475. The molecule has 1 aliphatic rings. The van der Waals surface area contributed by atoms with Gasteiger partial charge in [-0.15, -0.1) is 0 Å². The zero-order chi connectivity index (χ0) is 10.2. The van der Waals surface area contributed by atoms with Gasteiger partial charge in [0.1, 0.15) is 0 Å². The van der Waals surface area contributed by atoms with Crippen LogP contribution in [0.2, 0.25) is 0 Å². The number of carbonyl (C=O) groups is 1. The SMILES string of the molecule is O=C1NC=CS(=O)(=O)c2ccccc21. The van der Waals surface area contributed by atoms with E-state index in [4.69, 9.17) is 0 Å². The summed E-state index contributed by atoms with van der Waals surface area (Å²) < 4.78 is 23.1. The fourth-order valence-electron chi connectivity index (χ4n) is 1.25. The molecule has 0 saturated carbocycles. The van der Waals surface area contributed by atoms with Crippen molar-refractivity contribution in [2.45, 2.75) is 4.90 Å². The van der Waals surface area contributed by atoms with E-state index in [9.17, 15) is 13.2 Å². The fraction of sp³-hybridized carbons (Fsp3) is 0. The summed E-state index contributed by atoms with van der Waals surface area (Å²) >= 11 is 0. The highest BCUT2D eigenvalue weighted by molar-refractivity contribution is 7.94. The third-order valence-electron chi connectivity index (χ3n) is 1.90. The number of hydrogen-bond donors (Lipinski definition) is 1. The molecule has 0 radical (unpaired) electrons. The van der Waals surface area contributed by atoms with Crippen LogP contribution >= 0.6 is 0 Å². The second-order valence-corrected chi connectivity index (χ2v) is 4.62. The summed E-state index contributed by atoms with van der Waals surface area (Å²) in [6, 6.07) is 6.11. The highest BCUT2D eigenvalue weighted by atomic mass is 32.2. The van der Waals surface area contributed by atoms with Gasteiger partial charge in [0.2, 0.25) is 9.84 Å². The molecule has 14 heavy (non-hydrogen) atoms. The molecule has 1 amide bonds. The third-order valence-corrected chi connectivity index (χ3v) is 3.36. The third kappa shape index (κ3) is 1.31. The first kappa shape index (κ1) is 8.96. The Hall–Kier alpha value is -1.62. The quantitative estimate of drug-likeness (QED) is 0.683. The largest absolute Gasteiger partial charge is 0.328 e. The van der Waals surface area contributed by atoms with E-state index >= 15 is 0 Å². The van der Waals surface area contributed by atoms with Crippen molar-refractivity contribution in [3.8, 4) is 0 Å². The lowest BCUT2D eigenvalue weighted by atomic mass is 10.2. The maximum absolute atomic E-state index is 11.6. The zero-order valence-electron chi connectivity index (χ0n) is 7.10. The molecule has 1 aromatic carbocycles. The molecule has 1 heterocycles. The Morgan fingerprint density at radius 2 is 1.86 bits per heavy atom. The van der Waals surface area contributed by atoms with E-state index in [-0.39, 0.29) is 10.5 Å². The molecule has 0 aliphatic carbocycles. The fourth-order valence-corrected chi connectivity index (χ4v) is 2.38. The Morgan fingerprint density at radius 1 is 1.14 bits per heavy atom. The van der Waals surface area contributed by atoms with E-state index in [0.717, 1.165) is 11.6 Å². The van der Waals surface area contributed by atoms with Crippen LogP contribution in [-0.4, -0.2) is 14.3 Å². The number of carbonyl (C=O) groups excluding carboxylic acids is 1. The van der Waals surface area contributed by atoms with Crippen LogP contribution in [0.1, 0.15) is 10.4 Å². The van der Waals surface area contributed by atoms with Gasteiger partial charge in [-0.25, -0.2) is 8.42 Å². The first-order valence-electron chi connectivity index (χ1n) is 3.93. The van der Waals surface area contributed by atoms with Gasteiger partial charge in [-0.1, -0.05) is 12.1 Å². The molecule has 5 heteroatoms. The van der Waals surface area contributed by atoms with Gasteiger partial charge < -0.3 is 5.32 Å². The number of nitrogens with one attached hydrogen (secondary N) is 1. The Bertz CT molecular complexity index is 517. The predicted molar refractivity (Wildman–Crippen MR) is 50.2 cm³/mol. The van der Waals surface area contributed by atoms with Crippen LogP contribution in [0.4, 0.5) is 0 Å². The van der Waals surface area contributed by atoms with Crippen LogP contribution in [0, 0.1) is 0 Å². The molecule has 4 nitrogen and oxygen atoms in total. The van der Waals surface area contributed by atoms with Gasteiger partial charge in [0.15, 0.2) is 0 Å². The van der Waals surface area contributed by atoms with Crippen molar-refractivity contribution in [2.24, 2.45) is 0 Å². The molecule has 0 fully saturated rings. The zero-order valence-corrected chi connectivity index (χ0v) is 7.91. The molecule has 1 N–H and O–H groups in total. The van der Waals surface area contributed by atoms with Gasteiger partial charge in [-0.2, -0.15) is 0 Å². The summed E-state index contributed by atoms with van der Waals surface area (Å²) in [5.74, 6) is -0.405. The molecule has 0 aromatic heterocycles. The van der Waals surface area contributed by atoms with Crippen LogP contribution in [0.5, 0.6) is 0 Å². The molecular weight excluding hydrogens is 202 g/mol. The summed E-state index contributed by atoms with van der Waals surface area (Å²) in [7, 11) is -3.48. The van der Waals surface area contributed by atoms with Crippen LogP contribution in [0.25, 0.3) is 0 Å². The van der Waals surface area contributed by atoms with Crippen LogP contribution in [0.15, 0.2) is 40.8 Å². The number of benzene rings is 1. The number of fused-ring (bicyclic) bond motifs is 1. The lowest BCUT2D eigenvalue weighted by Crippen LogP contribution is -2.16. The molecule has 1 aliphatic heterocycles. The molecule has 0 unspecified atom stereocenters. The maximum atomic E-state index is 11.6. The standard InChI is InChI=1S/C9H7NO3S/c11-9-7-3-1-2-4-8(7)14(12,13)6-5-10-9/h1-6H,(H,10,11). The summed E-state index contributed by atoms with van der Waals surface area (Å²) in [5.41, 5.74) is 0.178. The van der Waals surface area contributed by atoms with Crippen LogP contribution in [-0.2, 0) is 9.84 Å². The first-order chi connectivity index (χ1) is 6.61. The van der Waals surface area contributed by atoms with Gasteiger partial charge in [-0.3, -0.25) is 4.79 Å². The van der Waals surface area contributed by atoms with E-state index in [2.05, 4.69) is 5.32 Å². The molecule has 0 atom stereocenters. The van der Waals surface area contributed by atoms with Gasteiger partial charge in [0.05, 0.1) is 15.9 Å². The Balaban J connectivity index is 2.79. The van der Waals surface area contributed by atoms with E-state index < -0.39 is 15.7 Å². The first-order valence-corrected chi connectivity index (χ1v) is 5.47. The average molecular weight is 209 g/mol. The van der Waals surface area contributed by atoms with Crippen molar-refractivity contribution in [1.29, 1.82) is 0 Å². The number of hydrogen-bond acceptors (Lipinski definition) is 3. The normalized spacial score (nSPS) is 18.1. The predicted octanol–water partition coefficient (Wildman–Crippen LogP) is 0.675. The van der Waals surface area contributed by atoms with E-state index in [1.54, 1.807) is 12.1 Å². The molecule has 0 bridgehead atoms. The van der Waals surface area contributed by atoms with Crippen LogP contribution in [0.3, 0.4) is 0 Å². The Morgan fingerprint density at radius 3 is 2.64 bits per heavy atom. The molecular formula is C9H7NO3S. The second-order valence-electron chi connectivity index (χ2n) is 2.82. The summed E-state index contributed by atoms with van der Waals surface area (Å²) in [4.78, 5) is 11.4. The smallest absolute Gasteiger partial charge is 0.256 e. The van der Waals surface area contributed by atoms with E-state index in [0.29, 0.717) is 0 Å². The van der Waals surface area contributed by atoms with Crippen molar-refractivity contribution < 1.29 is 13.2 Å². The molecule has 72 valence electrons. The van der Waals surface area contributed by atoms with E-state index in [1.807, 2.05) is 0 Å². The van der Waals surface area contributed by atoms with Gasteiger partial charge in [0, 0.05) is 6.20 Å². The topological polar surface area (TPSA) is 63.2 Å². The molecule has 0 saturated heterocycles. The van der Waals surface area contributed by atoms with Gasteiger partial charge in [0.25, 0.3) is 5.91 Å². The van der Waals surface area contributed by atoms with Crippen molar-refractivity contribution in [3.05, 3.63) is 41.4 Å². The number of rotatable bonds is 0. The van der Waals surface area contributed by atoms with Crippen molar-refractivity contribution in [3.63, 3.8) is 0 Å². The summed E-state index contributed by atoms with van der Waals surface area (Å²) in [6.07, 6.45) is 1.14. The molecule has 1 aromatic rings. The van der Waals surface area contributed by atoms with E-state index in [1.165, 1.54) is 12.1 Å². The minimum atomic E-state index is -3.48. The lowest BCUT2D eigenvalue weighted by molar-refractivity contribution is 0.0967. The number of sulfone groups is 1. The summed E-state index contributed by atoms with van der Waals surface area (Å²) in [6.45, 7) is 0. The van der Waals surface area contributed by atoms with Crippen LogP contribution < -0.4 is 5.32 Å². The maximum Gasteiger partial charge on any atom is 0.256 e. The Labute approximate surface area is 81.2 Å². The molecule has 2 rings (SSSR count). The van der Waals surface area contributed by atoms with Crippen molar-refractivity contribution >= 4 is 15.7 Å². The second kappa shape index (κ2) is 2.95. The highest BCUT2D eigenvalue weighted by Crippen LogP contribution is 2.19. The average Bonchev–Trinajstić information content (AvgIpc) is 2.27. The Kier molecular flexibility index (Phi) is 1.89. The van der Waals surface area contributed by atoms with Crippen molar-refractivity contribution in [2.75, 3.05) is 0 Å². The highest BCUT2D eigenvalue weighted by Gasteiger charge is 2.21. The summed E-state index contributed by atoms with van der Waals surface area (Å²) in [5, 5.41) is 3.34. The van der Waals surface area contributed by atoms with Gasteiger partial charge >= 0.3 is 0 Å². The monoisotopic (exact) mass is 209 g/mol.